The summed E-state index contributed by atoms with van der Waals surface area (Å²) in [6.07, 6.45) is 2.08. The van der Waals surface area contributed by atoms with Crippen molar-refractivity contribution in [3.63, 3.8) is 0 Å². The van der Waals surface area contributed by atoms with E-state index in [0.29, 0.717) is 12.3 Å². The molecule has 0 radical (unpaired) electrons. The Morgan fingerprint density at radius 2 is 1.69 bits per heavy atom. The Hall–Kier alpha value is -0.680. The molecule has 0 saturated heterocycles. The first kappa shape index (κ1) is 21.6. The topological polar surface area (TPSA) is 58.6 Å². The van der Waals surface area contributed by atoms with Crippen LogP contribution in [0.2, 0.25) is 0 Å². The maximum absolute atomic E-state index is 14.4. The van der Waals surface area contributed by atoms with Gasteiger partial charge in [0, 0.05) is 5.25 Å². The first-order chi connectivity index (χ1) is 12.2. The Balaban J connectivity index is 2.42. The summed E-state index contributed by atoms with van der Waals surface area (Å²) in [6, 6.07) is 0. The summed E-state index contributed by atoms with van der Waals surface area (Å²) in [5.74, 6) is -6.65. The van der Waals surface area contributed by atoms with Crippen LogP contribution in [-0.2, 0) is 20.2 Å². The fourth-order valence-electron chi connectivity index (χ4n) is 3.26. The predicted octanol–water partition coefficient (Wildman–Crippen LogP) is 4.04. The first-order valence-electron chi connectivity index (χ1n) is 8.10. The van der Waals surface area contributed by atoms with Crippen molar-refractivity contribution in [2.45, 2.75) is 55.1 Å². The van der Waals surface area contributed by atoms with Crippen molar-refractivity contribution in [1.82, 2.24) is 0 Å². The van der Waals surface area contributed by atoms with E-state index in [-0.39, 0.29) is 23.9 Å². The number of hydrogen-bond donors (Lipinski definition) is 0. The number of halogens is 4. The normalized spacial score (nSPS) is 24.9. The number of hydrogen-bond acceptors (Lipinski definition) is 5. The van der Waals surface area contributed by atoms with Crippen molar-refractivity contribution >= 4 is 22.8 Å². The molecule has 4 nitrogen and oxygen atoms in total. The smallest absolute Gasteiger partial charge is 0.179 e. The molecule has 26 heavy (non-hydrogen) atoms. The molecule has 0 N–H and O–H groups in total. The van der Waals surface area contributed by atoms with Crippen LogP contribution in [0.3, 0.4) is 0 Å². The van der Waals surface area contributed by atoms with Gasteiger partial charge in [0.1, 0.15) is 9.79 Å². The number of rotatable bonds is 6. The van der Waals surface area contributed by atoms with Crippen molar-refractivity contribution in [1.29, 1.82) is 0 Å². The van der Waals surface area contributed by atoms with Crippen molar-refractivity contribution in [3.05, 3.63) is 23.3 Å². The summed E-state index contributed by atoms with van der Waals surface area (Å²) < 4.78 is 73.4. The van der Waals surface area contributed by atoms with Crippen LogP contribution in [0.15, 0.2) is 9.79 Å². The second-order valence-corrected chi connectivity index (χ2v) is 9.08. The molecule has 2 rings (SSSR count). The van der Waals surface area contributed by atoms with E-state index in [2.05, 4.69) is 9.37 Å². The van der Waals surface area contributed by atoms with Crippen LogP contribution >= 0.6 is 12.0 Å². The summed E-state index contributed by atoms with van der Waals surface area (Å²) in [5.41, 5.74) is 0. The highest BCUT2D eigenvalue weighted by atomic mass is 32.2. The fourth-order valence-corrected chi connectivity index (χ4v) is 5.49. The monoisotopic (exact) mass is 415 g/mol. The molecule has 0 aromatic heterocycles. The summed E-state index contributed by atoms with van der Waals surface area (Å²) in [4.78, 5) is -2.33. The molecular weight excluding hydrogens is 396 g/mol. The predicted molar refractivity (Wildman–Crippen MR) is 85.8 cm³/mol. The van der Waals surface area contributed by atoms with Crippen LogP contribution in [0.1, 0.15) is 40.0 Å². The summed E-state index contributed by atoms with van der Waals surface area (Å²) >= 11 is -0.301. The molecular formula is C16H19F4O4S2-. The highest BCUT2D eigenvalue weighted by Gasteiger charge is 2.38. The lowest BCUT2D eigenvalue weighted by Gasteiger charge is -2.35. The average molecular weight is 415 g/mol. The molecule has 4 atom stereocenters. The van der Waals surface area contributed by atoms with E-state index < -0.39 is 49.1 Å². The molecule has 1 aromatic carbocycles. The maximum atomic E-state index is 14.4. The Kier molecular flexibility index (Phi) is 7.49. The number of benzene rings is 1. The van der Waals surface area contributed by atoms with Crippen LogP contribution in [0.25, 0.3) is 0 Å². The Labute approximate surface area is 155 Å². The van der Waals surface area contributed by atoms with Crippen molar-refractivity contribution in [2.75, 3.05) is 0 Å². The van der Waals surface area contributed by atoms with Crippen LogP contribution < -0.4 is 5.26 Å². The minimum atomic E-state index is -2.27. The van der Waals surface area contributed by atoms with Crippen molar-refractivity contribution in [3.8, 4) is 0 Å². The van der Waals surface area contributed by atoms with Crippen LogP contribution in [0.4, 0.5) is 17.6 Å². The van der Waals surface area contributed by atoms with E-state index in [1.54, 1.807) is 0 Å². The van der Waals surface area contributed by atoms with E-state index in [0.717, 1.165) is 12.8 Å². The van der Waals surface area contributed by atoms with Gasteiger partial charge in [-0.3, -0.25) is 9.25 Å². The van der Waals surface area contributed by atoms with E-state index in [1.165, 1.54) is 0 Å². The molecule has 1 aliphatic rings. The molecule has 10 heteroatoms. The average Bonchev–Trinajstić information content (AvgIpc) is 2.60. The van der Waals surface area contributed by atoms with Gasteiger partial charge in [0.25, 0.3) is 0 Å². The molecule has 2 unspecified atom stereocenters. The molecule has 0 bridgehead atoms. The largest absolute Gasteiger partial charge is 0.691 e. The van der Waals surface area contributed by atoms with E-state index in [1.807, 2.05) is 20.8 Å². The lowest BCUT2D eigenvalue weighted by Crippen LogP contribution is -2.34. The van der Waals surface area contributed by atoms with Gasteiger partial charge in [-0.1, -0.05) is 20.8 Å². The zero-order valence-electron chi connectivity index (χ0n) is 14.4. The van der Waals surface area contributed by atoms with Gasteiger partial charge >= 0.3 is 0 Å². The molecule has 0 spiro atoms. The van der Waals surface area contributed by atoms with Gasteiger partial charge in [0.05, 0.1) is 22.8 Å². The van der Waals surface area contributed by atoms with Gasteiger partial charge in [-0.25, -0.2) is 17.6 Å². The lowest BCUT2D eigenvalue weighted by molar-refractivity contribution is -0.777. The van der Waals surface area contributed by atoms with Gasteiger partial charge < -0.3 is 5.26 Å². The second kappa shape index (κ2) is 9.01. The van der Waals surface area contributed by atoms with E-state index >= 15 is 0 Å². The van der Waals surface area contributed by atoms with E-state index in [9.17, 15) is 27.0 Å². The molecule has 148 valence electrons. The third-order valence-electron chi connectivity index (χ3n) is 4.91. The molecule has 1 fully saturated rings. The minimum Gasteiger partial charge on any atom is -0.691 e. The second-order valence-electron chi connectivity index (χ2n) is 6.76. The quantitative estimate of drug-likeness (QED) is 0.231. The van der Waals surface area contributed by atoms with Crippen LogP contribution in [0, 0.1) is 41.0 Å². The molecule has 1 aliphatic carbocycles. The van der Waals surface area contributed by atoms with Crippen LogP contribution in [-0.4, -0.2) is 9.46 Å². The highest BCUT2D eigenvalue weighted by Crippen LogP contribution is 2.40. The minimum absolute atomic E-state index is 0.109. The Morgan fingerprint density at radius 3 is 2.19 bits per heavy atom. The maximum Gasteiger partial charge on any atom is 0.179 e. The van der Waals surface area contributed by atoms with Gasteiger partial charge in [-0.2, -0.15) is 4.33 Å². The van der Waals surface area contributed by atoms with E-state index in [4.69, 9.17) is 0 Å². The van der Waals surface area contributed by atoms with Crippen molar-refractivity contribution < 1.29 is 36.4 Å². The Morgan fingerprint density at radius 1 is 1.12 bits per heavy atom. The molecule has 0 heterocycles. The molecule has 1 aromatic rings. The van der Waals surface area contributed by atoms with Gasteiger partial charge in [0.2, 0.25) is 0 Å². The summed E-state index contributed by atoms with van der Waals surface area (Å²) in [6.45, 7) is 5.82. The molecule has 0 aliphatic heterocycles. The summed E-state index contributed by atoms with van der Waals surface area (Å²) in [7, 11) is -2.27. The fraction of sp³-hybridized carbons (Fsp3) is 0.625. The van der Waals surface area contributed by atoms with Crippen LogP contribution in [0.5, 0.6) is 0 Å². The third kappa shape index (κ3) is 4.24. The Bertz CT molecular complexity index is 658. The van der Waals surface area contributed by atoms with Gasteiger partial charge in [0.15, 0.2) is 23.3 Å². The molecule has 1 saturated carbocycles. The zero-order valence-corrected chi connectivity index (χ0v) is 16.0. The molecule has 0 amide bonds. The summed E-state index contributed by atoms with van der Waals surface area (Å²) in [5, 5.41) is 12.1. The first-order valence-corrected chi connectivity index (χ1v) is 10.1. The third-order valence-corrected chi connectivity index (χ3v) is 7.53. The SMILES string of the molecule is CC(C)[C@H]1CC[C@H](C)C(S(=O)c2c(F)c(F)c(SOO[O-])c(F)c2F)C1. The highest BCUT2D eigenvalue weighted by molar-refractivity contribution is 7.94. The van der Waals surface area contributed by atoms with Crippen molar-refractivity contribution in [2.24, 2.45) is 17.8 Å². The zero-order chi connectivity index (χ0) is 19.6. The lowest BCUT2D eigenvalue weighted by atomic mass is 9.77. The van der Waals surface area contributed by atoms with Gasteiger partial charge in [-0.15, -0.1) is 0 Å². The van der Waals surface area contributed by atoms with Gasteiger partial charge in [-0.05, 0) is 37.0 Å². The standard InChI is InChI=1S/C16H20F4O4S2/c1-7(2)9-5-4-8(3)10(6-9)26(22)16-13(19)11(17)15(25-24-23-21)12(18)14(16)20/h7-10,21H,4-6H2,1-3H3/p-1/t8-,9-,10?,26?/m0/s1.